The lowest BCUT2D eigenvalue weighted by atomic mass is 10.0. The van der Waals surface area contributed by atoms with Crippen molar-refractivity contribution in [1.82, 2.24) is 0 Å². The molecule has 0 unspecified atom stereocenters. The summed E-state index contributed by atoms with van der Waals surface area (Å²) in [5.41, 5.74) is 1.01. The number of sulfonamides is 1. The van der Waals surface area contributed by atoms with Gasteiger partial charge in [-0.15, -0.1) is 0 Å². The van der Waals surface area contributed by atoms with Gasteiger partial charge in [0.25, 0.3) is 0 Å². The lowest BCUT2D eigenvalue weighted by Gasteiger charge is -2.22. The van der Waals surface area contributed by atoms with Gasteiger partial charge in [-0.05, 0) is 30.3 Å². The van der Waals surface area contributed by atoms with Crippen molar-refractivity contribution in [1.29, 1.82) is 0 Å². The van der Waals surface area contributed by atoms with Crippen LogP contribution in [0.2, 0.25) is 0 Å². The summed E-state index contributed by atoms with van der Waals surface area (Å²) in [6.45, 7) is -0.573. The predicted octanol–water partition coefficient (Wildman–Crippen LogP) is 3.46. The molecule has 0 spiro atoms. The number of carbonyl (C=O) groups is 2. The van der Waals surface area contributed by atoms with Crippen molar-refractivity contribution in [2.45, 2.75) is 0 Å². The molecule has 3 aromatic carbocycles. The van der Waals surface area contributed by atoms with Crippen LogP contribution in [0.25, 0.3) is 0 Å². The van der Waals surface area contributed by atoms with Crippen LogP contribution in [-0.2, 0) is 14.8 Å². The topological polar surface area (TPSA) is 83.6 Å². The number of nitrogens with one attached hydrogen (secondary N) is 1. The van der Waals surface area contributed by atoms with E-state index in [0.29, 0.717) is 5.56 Å². The second kappa shape index (κ2) is 8.87. The normalized spacial score (nSPS) is 11.0. The second-order valence-corrected chi connectivity index (χ2v) is 8.45. The van der Waals surface area contributed by atoms with Crippen molar-refractivity contribution in [3.8, 4) is 0 Å². The predicted molar refractivity (Wildman–Crippen MR) is 114 cm³/mol. The molecule has 0 radical (unpaired) electrons. The van der Waals surface area contributed by atoms with E-state index >= 15 is 0 Å². The number of hydrogen-bond acceptors (Lipinski definition) is 4. The monoisotopic (exact) mass is 426 g/mol. The largest absolute Gasteiger partial charge is 0.324 e. The summed E-state index contributed by atoms with van der Waals surface area (Å²) in [6.07, 6.45) is 0.929. The minimum atomic E-state index is -3.85. The van der Waals surface area contributed by atoms with Crippen LogP contribution in [0, 0.1) is 5.82 Å². The van der Waals surface area contributed by atoms with Crippen molar-refractivity contribution in [3.63, 3.8) is 0 Å². The number of carbonyl (C=O) groups excluding carboxylic acids is 2. The smallest absolute Gasteiger partial charge is 0.245 e. The third-order valence-electron chi connectivity index (χ3n) is 4.27. The number of para-hydroxylation sites is 1. The number of halogens is 1. The average molecular weight is 426 g/mol. The summed E-state index contributed by atoms with van der Waals surface area (Å²) in [4.78, 5) is 25.4. The van der Waals surface area contributed by atoms with Crippen molar-refractivity contribution >= 4 is 33.1 Å². The Morgan fingerprint density at radius 1 is 0.933 bits per heavy atom. The van der Waals surface area contributed by atoms with Gasteiger partial charge in [-0.3, -0.25) is 13.9 Å². The highest BCUT2D eigenvalue weighted by atomic mass is 32.2. The molecule has 6 nitrogen and oxygen atoms in total. The summed E-state index contributed by atoms with van der Waals surface area (Å²) in [7, 11) is -3.85. The first-order valence-corrected chi connectivity index (χ1v) is 10.8. The van der Waals surface area contributed by atoms with E-state index in [2.05, 4.69) is 5.32 Å². The lowest BCUT2D eigenvalue weighted by molar-refractivity contribution is -0.114. The summed E-state index contributed by atoms with van der Waals surface area (Å²) in [5, 5.41) is 2.59. The Balaban J connectivity index is 1.85. The van der Waals surface area contributed by atoms with Crippen LogP contribution in [0.4, 0.5) is 15.8 Å². The van der Waals surface area contributed by atoms with Gasteiger partial charge >= 0.3 is 0 Å². The molecule has 0 aliphatic rings. The fraction of sp³-hybridized carbons (Fsp3) is 0.0909. The highest BCUT2D eigenvalue weighted by Gasteiger charge is 2.22. The quantitative estimate of drug-likeness (QED) is 0.587. The summed E-state index contributed by atoms with van der Waals surface area (Å²) < 4.78 is 38.7. The van der Waals surface area contributed by atoms with E-state index in [1.54, 1.807) is 54.6 Å². The molecule has 154 valence electrons. The first-order chi connectivity index (χ1) is 14.3. The summed E-state index contributed by atoms with van der Waals surface area (Å²) in [5.74, 6) is -1.57. The van der Waals surface area contributed by atoms with E-state index in [0.717, 1.165) is 16.6 Å². The first kappa shape index (κ1) is 21.2. The zero-order chi connectivity index (χ0) is 21.7. The van der Waals surface area contributed by atoms with Gasteiger partial charge < -0.3 is 5.32 Å². The van der Waals surface area contributed by atoms with Crippen LogP contribution in [-0.4, -0.2) is 32.9 Å². The van der Waals surface area contributed by atoms with Crippen LogP contribution >= 0.6 is 0 Å². The molecule has 0 aliphatic heterocycles. The van der Waals surface area contributed by atoms with E-state index in [4.69, 9.17) is 0 Å². The molecule has 1 N–H and O–H groups in total. The van der Waals surface area contributed by atoms with Gasteiger partial charge in [0.05, 0.1) is 17.6 Å². The Morgan fingerprint density at radius 2 is 1.60 bits per heavy atom. The average Bonchev–Trinajstić information content (AvgIpc) is 2.72. The minimum Gasteiger partial charge on any atom is -0.324 e. The Hall–Kier alpha value is -3.52. The molecule has 30 heavy (non-hydrogen) atoms. The van der Waals surface area contributed by atoms with Gasteiger partial charge in [0.15, 0.2) is 5.78 Å². The second-order valence-electron chi connectivity index (χ2n) is 6.54. The van der Waals surface area contributed by atoms with E-state index in [1.807, 2.05) is 0 Å². The van der Waals surface area contributed by atoms with Crippen LogP contribution in [0.5, 0.6) is 0 Å². The van der Waals surface area contributed by atoms with E-state index in [1.165, 1.54) is 18.2 Å². The fourth-order valence-corrected chi connectivity index (χ4v) is 3.73. The molecule has 0 heterocycles. The van der Waals surface area contributed by atoms with Crippen LogP contribution < -0.4 is 9.62 Å². The van der Waals surface area contributed by atoms with Gasteiger partial charge in [0.1, 0.15) is 12.4 Å². The van der Waals surface area contributed by atoms with Crippen LogP contribution in [0.1, 0.15) is 15.9 Å². The molecule has 3 aromatic rings. The van der Waals surface area contributed by atoms with Crippen LogP contribution in [0.3, 0.4) is 0 Å². The summed E-state index contributed by atoms with van der Waals surface area (Å²) >= 11 is 0. The molecule has 3 rings (SSSR count). The number of anilines is 2. The zero-order valence-electron chi connectivity index (χ0n) is 16.1. The Labute approximate surface area is 174 Å². The Morgan fingerprint density at radius 3 is 2.27 bits per heavy atom. The molecule has 0 atom stereocenters. The molecule has 0 saturated carbocycles. The molecular formula is C22H19FN2O4S. The highest BCUT2D eigenvalue weighted by Crippen LogP contribution is 2.21. The Bertz CT molecular complexity index is 1180. The van der Waals surface area contributed by atoms with E-state index in [9.17, 15) is 22.4 Å². The minimum absolute atomic E-state index is 0.0290. The van der Waals surface area contributed by atoms with Gasteiger partial charge in [-0.1, -0.05) is 48.5 Å². The van der Waals surface area contributed by atoms with Crippen molar-refractivity contribution < 1.29 is 22.4 Å². The SMILES string of the molecule is CS(=O)(=O)N(CC(=O)Nc1ccccc1C(=O)c1ccccc1)c1cccc(F)c1. The first-order valence-electron chi connectivity index (χ1n) is 8.97. The standard InChI is InChI=1S/C22H19FN2O4S/c1-30(28,29)25(18-11-7-10-17(23)14-18)15-21(26)24-20-13-6-5-12-19(20)22(27)16-8-3-2-4-9-16/h2-14H,15H2,1H3,(H,24,26). The molecular weight excluding hydrogens is 407 g/mol. The van der Waals surface area contributed by atoms with Crippen molar-refractivity contribution in [2.24, 2.45) is 0 Å². The molecule has 1 amide bonds. The summed E-state index contributed by atoms with van der Waals surface area (Å²) in [6, 6.07) is 20.0. The number of benzene rings is 3. The number of amides is 1. The third-order valence-corrected chi connectivity index (χ3v) is 5.41. The van der Waals surface area contributed by atoms with Gasteiger partial charge in [-0.25, -0.2) is 12.8 Å². The highest BCUT2D eigenvalue weighted by molar-refractivity contribution is 7.92. The fourth-order valence-electron chi connectivity index (χ4n) is 2.89. The molecule has 0 aromatic heterocycles. The maximum Gasteiger partial charge on any atom is 0.245 e. The maximum atomic E-state index is 13.5. The lowest BCUT2D eigenvalue weighted by Crippen LogP contribution is -2.37. The molecule has 8 heteroatoms. The van der Waals surface area contributed by atoms with Crippen molar-refractivity contribution in [2.75, 3.05) is 22.4 Å². The van der Waals surface area contributed by atoms with Gasteiger partial charge in [-0.2, -0.15) is 0 Å². The zero-order valence-corrected chi connectivity index (χ0v) is 16.9. The third kappa shape index (κ3) is 5.09. The van der Waals surface area contributed by atoms with E-state index in [-0.39, 0.29) is 22.7 Å². The molecule has 0 fully saturated rings. The molecule has 0 bridgehead atoms. The number of ketones is 1. The van der Waals surface area contributed by atoms with Crippen LogP contribution in [0.15, 0.2) is 78.9 Å². The Kier molecular flexibility index (Phi) is 6.27. The van der Waals surface area contributed by atoms with Crippen molar-refractivity contribution in [3.05, 3.63) is 95.8 Å². The molecule has 0 saturated heterocycles. The van der Waals surface area contributed by atoms with Gasteiger partial charge in [0, 0.05) is 11.1 Å². The molecule has 0 aliphatic carbocycles. The maximum absolute atomic E-state index is 13.5. The number of nitrogens with zero attached hydrogens (tertiary/aromatic N) is 1. The van der Waals surface area contributed by atoms with E-state index < -0.39 is 28.3 Å². The number of rotatable bonds is 7. The van der Waals surface area contributed by atoms with Gasteiger partial charge in [0.2, 0.25) is 15.9 Å². The number of hydrogen-bond donors (Lipinski definition) is 1.